The maximum atomic E-state index is 12.1. The minimum absolute atomic E-state index is 0.0884. The Morgan fingerprint density at radius 1 is 1.29 bits per heavy atom. The lowest BCUT2D eigenvalue weighted by molar-refractivity contribution is 0.0491. The van der Waals surface area contributed by atoms with Crippen LogP contribution in [0.15, 0.2) is 23.1 Å². The topological polar surface area (TPSA) is 75.7 Å². The van der Waals surface area contributed by atoms with Crippen molar-refractivity contribution in [2.75, 3.05) is 19.3 Å². The van der Waals surface area contributed by atoms with Gasteiger partial charge in [-0.3, -0.25) is 4.90 Å². The fraction of sp³-hybridized carbons (Fsp3) is 0.650. The number of carbonyl (C=O) groups excluding carboxylic acids is 1. The van der Waals surface area contributed by atoms with Crippen LogP contribution in [0.4, 0.5) is 4.79 Å². The second-order valence-electron chi connectivity index (χ2n) is 8.94. The van der Waals surface area contributed by atoms with Crippen molar-refractivity contribution in [1.82, 2.24) is 10.2 Å². The predicted octanol–water partition coefficient (Wildman–Crippen LogP) is 3.48. The second-order valence-corrected chi connectivity index (χ2v) is 11.3. The summed E-state index contributed by atoms with van der Waals surface area (Å²) in [6.07, 6.45) is 2.83. The van der Waals surface area contributed by atoms with Crippen LogP contribution in [-0.2, 0) is 21.1 Å². The number of hydrogen-bond donors (Lipinski definition) is 1. The van der Waals surface area contributed by atoms with Gasteiger partial charge >= 0.3 is 6.09 Å². The van der Waals surface area contributed by atoms with Gasteiger partial charge in [0.05, 0.1) is 4.90 Å². The Kier molecular flexibility index (Phi) is 5.99. The minimum atomic E-state index is -3.34. The first-order chi connectivity index (χ1) is 12.9. The molecule has 1 aliphatic heterocycles. The normalized spacial score (nSPS) is 25.5. The number of nitrogens with one attached hydrogen (secondary N) is 1. The standard InChI is InChI=1S/C20H29ClN2O4S/c1-20(2,3)27-19(24)22-17-9-8-13-10-23(11-14(13)17)12-15-16(21)6-5-7-18(15)28(4,25)26/h5-7,13-14,17H,8-12H2,1-4H3,(H,22,24)/t13-,14+,17+/m0/s1. The van der Waals surface area contributed by atoms with Gasteiger partial charge in [0.25, 0.3) is 0 Å². The lowest BCUT2D eigenvalue weighted by Crippen LogP contribution is -2.42. The molecule has 0 spiro atoms. The van der Waals surface area contributed by atoms with E-state index in [0.29, 0.717) is 33.9 Å². The van der Waals surface area contributed by atoms with Crippen LogP contribution in [-0.4, -0.2) is 50.4 Å². The molecule has 3 atom stereocenters. The number of nitrogens with zero attached hydrogens (tertiary/aromatic N) is 1. The van der Waals surface area contributed by atoms with Crippen molar-refractivity contribution in [1.29, 1.82) is 0 Å². The molecule has 3 rings (SSSR count). The van der Waals surface area contributed by atoms with Gasteiger partial charge in [0, 0.05) is 42.5 Å². The highest BCUT2D eigenvalue weighted by molar-refractivity contribution is 7.90. The number of sulfone groups is 1. The van der Waals surface area contributed by atoms with Gasteiger partial charge in [-0.2, -0.15) is 0 Å². The number of rotatable bonds is 4. The summed E-state index contributed by atoms with van der Waals surface area (Å²) in [6, 6.07) is 5.10. The molecule has 1 aromatic rings. The van der Waals surface area contributed by atoms with E-state index in [1.165, 1.54) is 6.26 Å². The SMILES string of the molecule is CC(C)(C)OC(=O)N[C@@H]1CC[C@H]2CN(Cc3c(Cl)cccc3S(C)(=O)=O)C[C@H]21. The van der Waals surface area contributed by atoms with Crippen LogP contribution in [0, 0.1) is 11.8 Å². The molecule has 1 saturated carbocycles. The summed E-state index contributed by atoms with van der Waals surface area (Å²) in [7, 11) is -3.34. The Morgan fingerprint density at radius 2 is 2.00 bits per heavy atom. The van der Waals surface area contributed by atoms with Gasteiger partial charge in [-0.1, -0.05) is 17.7 Å². The third-order valence-electron chi connectivity index (χ3n) is 5.49. The number of amides is 1. The number of hydrogen-bond acceptors (Lipinski definition) is 5. The first kappa shape index (κ1) is 21.4. The number of halogens is 1. The zero-order valence-corrected chi connectivity index (χ0v) is 18.4. The van der Waals surface area contributed by atoms with E-state index in [0.717, 1.165) is 25.9 Å². The summed E-state index contributed by atoms with van der Waals surface area (Å²) in [5.41, 5.74) is 0.138. The maximum Gasteiger partial charge on any atom is 0.407 e. The Bertz CT molecular complexity index is 850. The van der Waals surface area contributed by atoms with Crippen LogP contribution in [0.1, 0.15) is 39.2 Å². The predicted molar refractivity (Wildman–Crippen MR) is 109 cm³/mol. The smallest absolute Gasteiger partial charge is 0.407 e. The van der Waals surface area contributed by atoms with Crippen LogP contribution in [0.3, 0.4) is 0 Å². The van der Waals surface area contributed by atoms with Gasteiger partial charge < -0.3 is 10.1 Å². The van der Waals surface area contributed by atoms with Crippen LogP contribution in [0.5, 0.6) is 0 Å². The van der Waals surface area contributed by atoms with Crippen molar-refractivity contribution in [2.45, 2.75) is 56.7 Å². The van der Waals surface area contributed by atoms with Gasteiger partial charge in [0.1, 0.15) is 5.60 Å². The molecule has 156 valence electrons. The summed E-state index contributed by atoms with van der Waals surface area (Å²) in [4.78, 5) is 14.7. The molecule has 8 heteroatoms. The van der Waals surface area contributed by atoms with E-state index in [2.05, 4.69) is 10.2 Å². The number of benzene rings is 1. The van der Waals surface area contributed by atoms with E-state index in [1.807, 2.05) is 20.8 Å². The molecule has 1 N–H and O–H groups in total. The molecule has 0 aromatic heterocycles. The molecule has 1 heterocycles. The highest BCUT2D eigenvalue weighted by Crippen LogP contribution is 2.39. The highest BCUT2D eigenvalue weighted by Gasteiger charge is 2.43. The summed E-state index contributed by atoms with van der Waals surface area (Å²) >= 11 is 6.33. The van der Waals surface area contributed by atoms with Gasteiger partial charge in [0.15, 0.2) is 9.84 Å². The minimum Gasteiger partial charge on any atom is -0.444 e. The van der Waals surface area contributed by atoms with Gasteiger partial charge in [0.2, 0.25) is 0 Å². The van der Waals surface area contributed by atoms with Crippen molar-refractivity contribution in [2.24, 2.45) is 11.8 Å². The van der Waals surface area contributed by atoms with Gasteiger partial charge in [-0.25, -0.2) is 13.2 Å². The lowest BCUT2D eigenvalue weighted by atomic mass is 9.98. The molecule has 1 aromatic carbocycles. The number of ether oxygens (including phenoxy) is 1. The molecule has 0 unspecified atom stereocenters. The molecule has 2 aliphatic rings. The average molecular weight is 429 g/mol. The van der Waals surface area contributed by atoms with Gasteiger partial charge in [-0.05, 0) is 57.6 Å². The lowest BCUT2D eigenvalue weighted by Gasteiger charge is -2.25. The van der Waals surface area contributed by atoms with E-state index in [-0.39, 0.29) is 12.1 Å². The monoisotopic (exact) mass is 428 g/mol. The van der Waals surface area contributed by atoms with Gasteiger partial charge in [-0.15, -0.1) is 0 Å². The summed E-state index contributed by atoms with van der Waals surface area (Å²) in [5.74, 6) is 0.834. The molecule has 2 fully saturated rings. The van der Waals surface area contributed by atoms with E-state index < -0.39 is 15.4 Å². The quantitative estimate of drug-likeness (QED) is 0.794. The Hall–Kier alpha value is -1.31. The van der Waals surface area contributed by atoms with Crippen LogP contribution < -0.4 is 5.32 Å². The van der Waals surface area contributed by atoms with Crippen molar-refractivity contribution in [3.05, 3.63) is 28.8 Å². The third-order valence-corrected chi connectivity index (χ3v) is 7.03. The fourth-order valence-corrected chi connectivity index (χ4v) is 5.63. The Morgan fingerprint density at radius 3 is 2.64 bits per heavy atom. The largest absolute Gasteiger partial charge is 0.444 e. The molecular formula is C20H29ClN2O4S. The zero-order chi connectivity index (χ0) is 20.7. The summed E-state index contributed by atoms with van der Waals surface area (Å²) < 4.78 is 29.6. The fourth-order valence-electron chi connectivity index (χ4n) is 4.39. The summed E-state index contributed by atoms with van der Waals surface area (Å²) in [6.45, 7) is 7.73. The molecular weight excluding hydrogens is 400 g/mol. The van der Waals surface area contributed by atoms with Crippen molar-refractivity contribution >= 4 is 27.5 Å². The zero-order valence-electron chi connectivity index (χ0n) is 16.9. The number of likely N-dealkylation sites (tertiary alicyclic amines) is 1. The second kappa shape index (κ2) is 7.84. The van der Waals surface area contributed by atoms with Crippen LogP contribution >= 0.6 is 11.6 Å². The van der Waals surface area contributed by atoms with Crippen molar-refractivity contribution in [3.63, 3.8) is 0 Å². The van der Waals surface area contributed by atoms with Crippen molar-refractivity contribution in [3.8, 4) is 0 Å². The third kappa shape index (κ3) is 4.99. The Balaban J connectivity index is 1.67. The molecule has 1 saturated heterocycles. The summed E-state index contributed by atoms with van der Waals surface area (Å²) in [5, 5.41) is 3.50. The number of alkyl carbamates (subject to hydrolysis) is 1. The first-order valence-electron chi connectivity index (χ1n) is 9.63. The number of fused-ring (bicyclic) bond motifs is 1. The average Bonchev–Trinajstić information content (AvgIpc) is 3.08. The van der Waals surface area contributed by atoms with Crippen LogP contribution in [0.2, 0.25) is 5.02 Å². The van der Waals surface area contributed by atoms with E-state index >= 15 is 0 Å². The van der Waals surface area contributed by atoms with E-state index in [4.69, 9.17) is 16.3 Å². The molecule has 0 radical (unpaired) electrons. The van der Waals surface area contributed by atoms with Crippen molar-refractivity contribution < 1.29 is 17.9 Å². The molecule has 28 heavy (non-hydrogen) atoms. The number of carbonyl (C=O) groups is 1. The molecule has 1 amide bonds. The first-order valence-corrected chi connectivity index (χ1v) is 11.9. The van der Waals surface area contributed by atoms with E-state index in [9.17, 15) is 13.2 Å². The highest BCUT2D eigenvalue weighted by atomic mass is 35.5. The van der Waals surface area contributed by atoms with Crippen LogP contribution in [0.25, 0.3) is 0 Å². The van der Waals surface area contributed by atoms with E-state index in [1.54, 1.807) is 18.2 Å². The molecule has 0 bridgehead atoms. The Labute approximate surface area is 172 Å². The maximum absolute atomic E-state index is 12.1. The molecule has 1 aliphatic carbocycles. The molecule has 6 nitrogen and oxygen atoms in total.